The Balaban J connectivity index is 0.000000145. The lowest BCUT2D eigenvalue weighted by Gasteiger charge is -2.16. The lowest BCUT2D eigenvalue weighted by molar-refractivity contribution is 0.0991. The van der Waals surface area contributed by atoms with Crippen LogP contribution in [0.25, 0.3) is 66.6 Å². The summed E-state index contributed by atoms with van der Waals surface area (Å²) in [6, 6.07) is 54.7. The van der Waals surface area contributed by atoms with Gasteiger partial charge in [-0.15, -0.1) is 0 Å². The number of fused-ring (bicyclic) bond motifs is 3. The number of ether oxygens (including phenoxy) is 3. The van der Waals surface area contributed by atoms with Crippen LogP contribution in [0.15, 0.2) is 195 Å². The van der Waals surface area contributed by atoms with Crippen LogP contribution >= 0.6 is 0 Å². The maximum atomic E-state index is 14.8. The number of nitrogens with zero attached hydrogens (tertiary/aromatic N) is 15. The number of imidazole rings is 1. The first-order chi connectivity index (χ1) is 53.0. The van der Waals surface area contributed by atoms with Crippen molar-refractivity contribution in [2.24, 2.45) is 32.6 Å². The second-order valence-electron chi connectivity index (χ2n) is 26.1. The van der Waals surface area contributed by atoms with E-state index in [0.717, 1.165) is 101 Å². The van der Waals surface area contributed by atoms with Gasteiger partial charge in [0.2, 0.25) is 41.4 Å². The predicted octanol–water partition coefficient (Wildman–Crippen LogP) is 16.8. The van der Waals surface area contributed by atoms with Crippen molar-refractivity contribution in [1.82, 2.24) is 58.8 Å². The largest absolute Gasteiger partial charge is 0.436 e. The number of aromatic nitrogens is 12. The smallest absolute Gasteiger partial charge is 0.252 e. The highest BCUT2D eigenvalue weighted by Gasteiger charge is 2.23. The van der Waals surface area contributed by atoms with E-state index in [1.807, 2.05) is 152 Å². The summed E-state index contributed by atoms with van der Waals surface area (Å²) in [5.41, 5.74) is 30.7. The van der Waals surface area contributed by atoms with Crippen LogP contribution in [0.2, 0.25) is 0 Å². The number of amides is 2. The second-order valence-corrected chi connectivity index (χ2v) is 26.1. The first kappa shape index (κ1) is 73.1. The lowest BCUT2D eigenvalue weighted by atomic mass is 9.95. The lowest BCUT2D eigenvalue weighted by Crippen LogP contribution is -2.11. The second kappa shape index (κ2) is 31.2. The van der Waals surface area contributed by atoms with Crippen molar-refractivity contribution in [3.63, 3.8) is 0 Å². The van der Waals surface area contributed by atoms with Crippen molar-refractivity contribution < 1.29 is 28.2 Å². The van der Waals surface area contributed by atoms with Gasteiger partial charge >= 0.3 is 0 Å². The van der Waals surface area contributed by atoms with Crippen molar-refractivity contribution in [2.75, 3.05) is 16.0 Å². The molecule has 0 fully saturated rings. The number of halogens is 1. The number of anilines is 6. The summed E-state index contributed by atoms with van der Waals surface area (Å²) in [4.78, 5) is 55.2. The van der Waals surface area contributed by atoms with Crippen molar-refractivity contribution in [1.29, 1.82) is 15.8 Å². The molecule has 7 N–H and O–H groups in total. The highest BCUT2D eigenvalue weighted by molar-refractivity contribution is 5.95. The average Bonchev–Trinajstić information content (AvgIpc) is 1.48. The number of primary amides is 2. The topological polar surface area (TPSA) is 352 Å². The van der Waals surface area contributed by atoms with E-state index in [9.17, 15) is 14.0 Å². The molecule has 7 aromatic heterocycles. The Morgan fingerprint density at radius 2 is 0.827 bits per heavy atom. The molecule has 0 radical (unpaired) electrons. The monoisotopic (exact) mass is 1460 g/mol. The van der Waals surface area contributed by atoms with E-state index in [4.69, 9.17) is 41.5 Å². The van der Waals surface area contributed by atoms with Crippen molar-refractivity contribution in [3.05, 3.63) is 267 Å². The van der Waals surface area contributed by atoms with Crippen LogP contribution in [0.1, 0.15) is 76.4 Å². The third-order valence-electron chi connectivity index (χ3n) is 18.0. The summed E-state index contributed by atoms with van der Waals surface area (Å²) in [5, 5.41) is 44.5. The molecule has 542 valence electrons. The number of aryl methyl sites for hydroxylation is 10. The van der Waals surface area contributed by atoms with E-state index in [-0.39, 0.29) is 5.56 Å². The van der Waals surface area contributed by atoms with Gasteiger partial charge in [0.15, 0.2) is 11.2 Å². The van der Waals surface area contributed by atoms with Crippen LogP contribution in [-0.4, -0.2) is 70.6 Å². The van der Waals surface area contributed by atoms with Gasteiger partial charge in [0, 0.05) is 72.9 Å². The molecule has 15 rings (SSSR count). The zero-order valence-corrected chi connectivity index (χ0v) is 61.3. The van der Waals surface area contributed by atoms with Gasteiger partial charge in [-0.3, -0.25) is 9.59 Å². The summed E-state index contributed by atoms with van der Waals surface area (Å²) >= 11 is 0. The number of carbonyl (C=O) groups excluding carboxylic acids is 2. The molecular weight excluding hydrogens is 1390 g/mol. The summed E-state index contributed by atoms with van der Waals surface area (Å²) in [7, 11) is 5.67. The Bertz CT molecular complexity index is 6170. The molecule has 0 aliphatic carbocycles. The number of nitrogens with two attached hydrogens (primary N) is 2. The Labute approximate surface area is 630 Å². The molecule has 0 atom stereocenters. The number of hydrogen-bond acceptors (Lipinski definition) is 20. The molecule has 0 spiro atoms. The standard InChI is InChI=1S/C29H23FN6O2.C29H25N7O2.C26H21N7O/c1-16-12-20(22-9-6-19(27(32)37)14-23(22)30)13-17(2)26(16)38-28-25-24(10-11-36(25)3)34-29(35-28)33-21-7-4-18(15-31)5-8-21;1-16-11-20(26(31)37)7-10-23(16)21-12-17(2)25(18(3)13-21)38-28-24-27(36(4)15-32-24)34-29(35-28)33-22-8-5-19(14-30)6-9-22;1-16-12-20(19-8-10-28-29-15-19)13-17(2)24(16)34-25-23-22(9-11-33(23)3)31-26(32-25)30-21-6-4-18(14-27)5-7-21/h4-14H,1-3H3,(H2,32,37)(H,33,34,35);5-13,15H,1-4H3,(H2,31,37)(H,33,34,35);4-13,15H,1-3H3,(H,30,31,32). The summed E-state index contributed by atoms with van der Waals surface area (Å²) in [5.74, 6) is 2.58. The van der Waals surface area contributed by atoms with Gasteiger partial charge in [-0.25, -0.2) is 19.3 Å². The minimum Gasteiger partial charge on any atom is -0.436 e. The normalized spacial score (nSPS) is 10.8. The number of nitriles is 3. The molecule has 15 aromatic rings. The maximum Gasteiger partial charge on any atom is 0.252 e. The molecule has 8 aromatic carbocycles. The molecule has 2 amide bonds. The minimum absolute atomic E-state index is 0.111. The number of benzene rings is 8. The van der Waals surface area contributed by atoms with Crippen LogP contribution in [0, 0.1) is 88.3 Å². The highest BCUT2D eigenvalue weighted by Crippen LogP contribution is 2.41. The minimum atomic E-state index is -0.684. The molecule has 0 saturated carbocycles. The van der Waals surface area contributed by atoms with E-state index in [2.05, 4.69) is 91.4 Å². The fraction of sp³-hybridized carbons (Fsp3) is 0.119. The number of carbonyl (C=O) groups is 2. The third kappa shape index (κ3) is 15.9. The van der Waals surface area contributed by atoms with Gasteiger partial charge < -0.3 is 55.3 Å². The van der Waals surface area contributed by atoms with Crippen molar-refractivity contribution in [3.8, 4) is 86.5 Å². The number of nitrogens with one attached hydrogen (secondary N) is 3. The summed E-state index contributed by atoms with van der Waals surface area (Å²) in [6.07, 6.45) is 8.89. The molecule has 110 heavy (non-hydrogen) atoms. The Hall–Kier alpha value is -15.2. The molecule has 26 heteroatoms. The number of hydrogen-bond donors (Lipinski definition) is 5. The van der Waals surface area contributed by atoms with E-state index >= 15 is 0 Å². The molecule has 0 aliphatic heterocycles. The predicted molar refractivity (Wildman–Crippen MR) is 418 cm³/mol. The zero-order chi connectivity index (χ0) is 77.6. The van der Waals surface area contributed by atoms with Gasteiger partial charge in [0.25, 0.3) is 5.88 Å². The Morgan fingerprint density at radius 1 is 0.427 bits per heavy atom. The molecule has 25 nitrogen and oxygen atoms in total. The Morgan fingerprint density at radius 3 is 1.24 bits per heavy atom. The maximum absolute atomic E-state index is 14.8. The molecule has 0 saturated heterocycles. The van der Waals surface area contributed by atoms with Crippen LogP contribution in [0.3, 0.4) is 0 Å². The van der Waals surface area contributed by atoms with Gasteiger partial charge in [0.1, 0.15) is 34.1 Å². The van der Waals surface area contributed by atoms with Gasteiger partial charge in [-0.05, 0) is 261 Å². The van der Waals surface area contributed by atoms with E-state index < -0.39 is 17.6 Å². The van der Waals surface area contributed by atoms with E-state index in [1.165, 1.54) is 6.07 Å². The number of rotatable bonds is 17. The fourth-order valence-electron chi connectivity index (χ4n) is 12.6. The Kier molecular flexibility index (Phi) is 20.7. The highest BCUT2D eigenvalue weighted by atomic mass is 19.1. The molecule has 0 aliphatic rings. The molecule has 7 heterocycles. The van der Waals surface area contributed by atoms with Gasteiger partial charge in [-0.1, -0.05) is 12.1 Å². The quantitative estimate of drug-likeness (QED) is 0.0565. The van der Waals surface area contributed by atoms with Gasteiger partial charge in [-0.2, -0.15) is 45.9 Å². The zero-order valence-electron chi connectivity index (χ0n) is 61.3. The average molecular weight is 1460 g/mol. The van der Waals surface area contributed by atoms with Crippen LogP contribution in [0.5, 0.6) is 34.9 Å². The summed E-state index contributed by atoms with van der Waals surface area (Å²) in [6.45, 7) is 13.7. The first-order valence-corrected chi connectivity index (χ1v) is 34.3. The summed E-state index contributed by atoms with van der Waals surface area (Å²) < 4.78 is 39.6. The molecular formula is C84H69FN20O5. The SMILES string of the molecule is Cc1cc(-c2ccc(C(N)=O)cc2F)cc(C)c1Oc1nc(Nc2ccc(C#N)cc2)nc2ccn(C)c12.Cc1cc(-c2ccnnc2)cc(C)c1Oc1nc(Nc2ccc(C#N)cc2)nc2ccn(C)c12.Cc1cc(C(N)=O)ccc1-c1cc(C)c(Oc2nc(Nc3ccc(C#N)cc3)nc3c2ncn3C)c(C)c1. The van der Waals surface area contributed by atoms with Crippen molar-refractivity contribution in [2.45, 2.75) is 48.5 Å². The van der Waals surface area contributed by atoms with Crippen molar-refractivity contribution >= 4 is 80.0 Å². The van der Waals surface area contributed by atoms with Crippen LogP contribution in [-0.2, 0) is 21.1 Å². The van der Waals surface area contributed by atoms with E-state index in [0.29, 0.717) is 103 Å². The first-order valence-electron chi connectivity index (χ1n) is 34.3. The van der Waals surface area contributed by atoms with Crippen LogP contribution in [0.4, 0.5) is 39.3 Å². The third-order valence-corrected chi connectivity index (χ3v) is 18.0. The van der Waals surface area contributed by atoms with Crippen LogP contribution < -0.4 is 41.6 Å². The molecule has 0 bridgehead atoms. The molecule has 0 unspecified atom stereocenters. The fourth-order valence-corrected chi connectivity index (χ4v) is 12.6. The van der Waals surface area contributed by atoms with E-state index in [1.54, 1.807) is 102 Å². The van der Waals surface area contributed by atoms with Gasteiger partial charge in [0.05, 0.1) is 64.7 Å².